The number of carboxylic acids is 1. The molecule has 0 aromatic carbocycles. The van der Waals surface area contributed by atoms with E-state index in [1.54, 1.807) is 0 Å². The zero-order valence-electron chi connectivity index (χ0n) is 9.78. The lowest BCUT2D eigenvalue weighted by Gasteiger charge is -2.11. The zero-order chi connectivity index (χ0) is 12.9. The summed E-state index contributed by atoms with van der Waals surface area (Å²) in [6.45, 7) is 2.55. The highest BCUT2D eigenvalue weighted by atomic mass is 16.4. The number of aliphatic carboxylic acids is 1. The summed E-state index contributed by atoms with van der Waals surface area (Å²) in [5.74, 6) is -0.896. The third-order valence-corrected chi connectivity index (χ3v) is 1.76. The smallest absolute Gasteiger partial charge is 0.320 e. The van der Waals surface area contributed by atoms with Gasteiger partial charge in [-0.15, -0.1) is 0 Å². The van der Waals surface area contributed by atoms with Crippen molar-refractivity contribution in [2.75, 3.05) is 13.2 Å². The van der Waals surface area contributed by atoms with Crippen LogP contribution < -0.4 is 5.32 Å². The molecule has 17 heavy (non-hydrogen) atoms. The van der Waals surface area contributed by atoms with Crippen molar-refractivity contribution >= 4 is 5.97 Å². The predicted octanol–water partition coefficient (Wildman–Crippen LogP) is -0.307. The van der Waals surface area contributed by atoms with Gasteiger partial charge in [-0.3, -0.25) is 4.79 Å². The van der Waals surface area contributed by atoms with Gasteiger partial charge in [0.1, 0.15) is 25.0 Å². The molecule has 96 valence electrons. The molecule has 1 rings (SSSR count). The fraction of sp³-hybridized carbons (Fsp3) is 0.600. The van der Waals surface area contributed by atoms with Gasteiger partial charge in [0, 0.05) is 6.61 Å². The predicted molar refractivity (Wildman–Crippen MR) is 61.2 cm³/mol. The molecule has 3 N–H and O–H groups in total. The number of carbonyl (C=O) groups is 1. The molecular formula is C10H18N4O3. The first-order valence-electron chi connectivity index (χ1n) is 5.34. The highest BCUT2D eigenvalue weighted by Crippen LogP contribution is 1.90. The van der Waals surface area contributed by atoms with Crippen LogP contribution in [0.4, 0.5) is 0 Å². The van der Waals surface area contributed by atoms with Crippen LogP contribution in [0.1, 0.15) is 19.8 Å². The van der Waals surface area contributed by atoms with E-state index in [0.717, 1.165) is 6.42 Å². The Labute approximate surface area is 100.0 Å². The maximum Gasteiger partial charge on any atom is 0.320 e. The Kier molecular flexibility index (Phi) is 9.88. The lowest BCUT2D eigenvalue weighted by atomic mass is 10.2. The minimum atomic E-state index is -0.896. The summed E-state index contributed by atoms with van der Waals surface area (Å²) < 4.78 is 0. The molecule has 1 heterocycles. The number of hydrogen-bond donors (Lipinski definition) is 3. The van der Waals surface area contributed by atoms with Crippen LogP contribution in [0.25, 0.3) is 0 Å². The summed E-state index contributed by atoms with van der Waals surface area (Å²) in [5, 5.41) is 19.8. The number of aliphatic hydroxyl groups excluding tert-OH is 1. The molecule has 0 saturated carbocycles. The number of aliphatic hydroxyl groups is 1. The highest BCUT2D eigenvalue weighted by molar-refractivity contribution is 5.73. The summed E-state index contributed by atoms with van der Waals surface area (Å²) in [4.78, 5) is 21.1. The van der Waals surface area contributed by atoms with Crippen LogP contribution in [-0.2, 0) is 4.79 Å². The monoisotopic (exact) mass is 242 g/mol. The van der Waals surface area contributed by atoms with Crippen molar-refractivity contribution in [3.63, 3.8) is 0 Å². The van der Waals surface area contributed by atoms with Gasteiger partial charge in [0.15, 0.2) is 0 Å². The number of nitrogens with zero attached hydrogens (tertiary/aromatic N) is 3. The van der Waals surface area contributed by atoms with Gasteiger partial charge in [0.05, 0.1) is 0 Å². The van der Waals surface area contributed by atoms with Crippen molar-refractivity contribution in [1.29, 1.82) is 0 Å². The van der Waals surface area contributed by atoms with Crippen molar-refractivity contribution in [3.8, 4) is 0 Å². The van der Waals surface area contributed by atoms with Crippen molar-refractivity contribution in [2.24, 2.45) is 0 Å². The second kappa shape index (κ2) is 10.9. The van der Waals surface area contributed by atoms with Gasteiger partial charge < -0.3 is 15.5 Å². The third kappa shape index (κ3) is 9.34. The zero-order valence-corrected chi connectivity index (χ0v) is 9.78. The van der Waals surface area contributed by atoms with Gasteiger partial charge in [-0.05, 0) is 19.4 Å². The van der Waals surface area contributed by atoms with Crippen LogP contribution in [-0.4, -0.2) is 50.3 Å². The first-order chi connectivity index (χ1) is 8.22. The maximum absolute atomic E-state index is 10.4. The molecule has 7 nitrogen and oxygen atoms in total. The first kappa shape index (κ1) is 15.4. The Balaban J connectivity index is 0.000000354. The fourth-order valence-electron chi connectivity index (χ4n) is 0.965. The highest BCUT2D eigenvalue weighted by Gasteiger charge is 2.14. The van der Waals surface area contributed by atoms with E-state index >= 15 is 0 Å². The van der Waals surface area contributed by atoms with Crippen LogP contribution in [0.5, 0.6) is 0 Å². The number of aromatic nitrogens is 3. The Hall–Kier alpha value is -1.60. The molecule has 0 aliphatic carbocycles. The molecule has 0 fully saturated rings. The second-order valence-electron chi connectivity index (χ2n) is 3.15. The largest absolute Gasteiger partial charge is 0.480 e. The van der Waals surface area contributed by atoms with Crippen LogP contribution in [0.2, 0.25) is 0 Å². The van der Waals surface area contributed by atoms with E-state index in [0.29, 0.717) is 6.54 Å². The van der Waals surface area contributed by atoms with Crippen LogP contribution in [0, 0.1) is 0 Å². The second-order valence-corrected chi connectivity index (χ2v) is 3.15. The van der Waals surface area contributed by atoms with Crippen LogP contribution in [0.15, 0.2) is 19.0 Å². The average Bonchev–Trinajstić information content (AvgIpc) is 2.37. The summed E-state index contributed by atoms with van der Waals surface area (Å²) in [6.07, 6.45) is 5.48. The first-order valence-corrected chi connectivity index (χ1v) is 5.34. The van der Waals surface area contributed by atoms with Gasteiger partial charge in [-0.2, -0.15) is 0 Å². The van der Waals surface area contributed by atoms with E-state index < -0.39 is 12.0 Å². The molecule has 0 saturated heterocycles. The number of hydrogen-bond acceptors (Lipinski definition) is 6. The minimum Gasteiger partial charge on any atom is -0.480 e. The van der Waals surface area contributed by atoms with Crippen LogP contribution >= 0.6 is 0 Å². The normalized spacial score (nSPS) is 11.2. The van der Waals surface area contributed by atoms with E-state index in [1.807, 2.05) is 6.92 Å². The molecule has 1 aromatic rings. The topological polar surface area (TPSA) is 108 Å². The number of carboxylic acid groups (broad SMARTS) is 1. The van der Waals surface area contributed by atoms with Crippen LogP contribution in [0.3, 0.4) is 0 Å². The Morgan fingerprint density at radius 2 is 1.82 bits per heavy atom. The fourth-order valence-corrected chi connectivity index (χ4v) is 0.965. The average molecular weight is 242 g/mol. The SMILES string of the molecule is CCCNC(CCO)C(=O)O.c1ncncn1. The molecule has 7 heteroatoms. The van der Waals surface area contributed by atoms with Crippen molar-refractivity contribution < 1.29 is 15.0 Å². The molecule has 0 aliphatic rings. The van der Waals surface area contributed by atoms with E-state index in [1.165, 1.54) is 19.0 Å². The standard InChI is InChI=1S/C7H15NO3.C3H3N3/c1-2-4-8-6(3-5-9)7(10)11;1-4-2-6-3-5-1/h6,8-9H,2-5H2,1H3,(H,10,11);1-3H. The van der Waals surface area contributed by atoms with Crippen molar-refractivity contribution in [1.82, 2.24) is 20.3 Å². The van der Waals surface area contributed by atoms with Gasteiger partial charge in [-0.25, -0.2) is 15.0 Å². The lowest BCUT2D eigenvalue weighted by molar-refractivity contribution is -0.139. The summed E-state index contributed by atoms with van der Waals surface area (Å²) in [6, 6.07) is -0.597. The Bertz CT molecular complexity index is 257. The molecule has 0 amide bonds. The number of nitrogens with one attached hydrogen (secondary N) is 1. The van der Waals surface area contributed by atoms with E-state index in [-0.39, 0.29) is 13.0 Å². The van der Waals surface area contributed by atoms with E-state index in [4.69, 9.17) is 10.2 Å². The van der Waals surface area contributed by atoms with Crippen molar-refractivity contribution in [3.05, 3.63) is 19.0 Å². The molecule has 1 aromatic heterocycles. The Morgan fingerprint density at radius 3 is 2.12 bits per heavy atom. The lowest BCUT2D eigenvalue weighted by Crippen LogP contribution is -2.37. The molecule has 0 spiro atoms. The molecule has 1 atom stereocenters. The van der Waals surface area contributed by atoms with Gasteiger partial charge in [0.2, 0.25) is 0 Å². The number of rotatable bonds is 6. The summed E-state index contributed by atoms with van der Waals surface area (Å²) in [7, 11) is 0. The molecule has 0 radical (unpaired) electrons. The van der Waals surface area contributed by atoms with Gasteiger partial charge in [0.25, 0.3) is 0 Å². The van der Waals surface area contributed by atoms with Gasteiger partial charge >= 0.3 is 5.97 Å². The quantitative estimate of drug-likeness (QED) is 0.628. The minimum absolute atomic E-state index is 0.0896. The van der Waals surface area contributed by atoms with Crippen molar-refractivity contribution in [2.45, 2.75) is 25.8 Å². The molecular weight excluding hydrogens is 224 g/mol. The molecule has 0 bridgehead atoms. The van der Waals surface area contributed by atoms with E-state index in [9.17, 15) is 4.79 Å². The molecule has 0 aliphatic heterocycles. The third-order valence-electron chi connectivity index (χ3n) is 1.76. The Morgan fingerprint density at radius 1 is 1.29 bits per heavy atom. The summed E-state index contributed by atoms with van der Waals surface area (Å²) >= 11 is 0. The molecule has 1 unspecified atom stereocenters. The van der Waals surface area contributed by atoms with Gasteiger partial charge in [-0.1, -0.05) is 6.92 Å². The van der Waals surface area contributed by atoms with E-state index in [2.05, 4.69) is 20.3 Å². The maximum atomic E-state index is 10.4. The summed E-state index contributed by atoms with van der Waals surface area (Å²) in [5.41, 5.74) is 0.